The molecule has 2 N–H and O–H groups in total. The first-order chi connectivity index (χ1) is 8.30. The highest BCUT2D eigenvalue weighted by Crippen LogP contribution is 2.31. The second-order valence-electron chi connectivity index (χ2n) is 4.15. The van der Waals surface area contributed by atoms with E-state index in [4.69, 9.17) is 5.14 Å². The van der Waals surface area contributed by atoms with E-state index >= 15 is 0 Å². The minimum atomic E-state index is 0.964. The highest BCUT2D eigenvalue weighted by atomic mass is 32.2. The van der Waals surface area contributed by atoms with Gasteiger partial charge in [-0.25, -0.2) is 4.98 Å². The Hall–Kier alpha value is -0.580. The fraction of sp³-hybridized carbons (Fsp3) is 0.462. The van der Waals surface area contributed by atoms with E-state index in [-0.39, 0.29) is 0 Å². The first-order valence-corrected chi connectivity index (χ1v) is 7.77. The predicted molar refractivity (Wildman–Crippen MR) is 77.7 cm³/mol. The summed E-state index contributed by atoms with van der Waals surface area (Å²) in [5.74, 6) is 0. The van der Waals surface area contributed by atoms with E-state index in [0.29, 0.717) is 0 Å². The topological polar surface area (TPSA) is 38.9 Å². The molecule has 0 amide bonds. The summed E-state index contributed by atoms with van der Waals surface area (Å²) >= 11 is 2.94. The summed E-state index contributed by atoms with van der Waals surface area (Å²) < 4.78 is 2.23. The molecule has 2 rings (SSSR count). The van der Waals surface area contributed by atoms with E-state index in [1.54, 1.807) is 11.3 Å². The molecule has 1 heterocycles. The van der Waals surface area contributed by atoms with Gasteiger partial charge in [-0.1, -0.05) is 32.8 Å². The van der Waals surface area contributed by atoms with Crippen molar-refractivity contribution in [2.75, 3.05) is 0 Å². The lowest BCUT2D eigenvalue weighted by molar-refractivity contribution is 0.865. The highest BCUT2D eigenvalue weighted by Gasteiger charge is 2.11. The normalized spacial score (nSPS) is 11.2. The molecule has 2 aromatic rings. The van der Waals surface area contributed by atoms with E-state index in [0.717, 1.165) is 17.2 Å². The smallest absolute Gasteiger partial charge is 0.165 e. The van der Waals surface area contributed by atoms with Gasteiger partial charge < -0.3 is 0 Å². The number of benzene rings is 1. The molecule has 92 valence electrons. The number of aryl methyl sites for hydroxylation is 2. The fourth-order valence-electron chi connectivity index (χ4n) is 2.15. The van der Waals surface area contributed by atoms with Crippen LogP contribution in [0.1, 0.15) is 37.8 Å². The van der Waals surface area contributed by atoms with Crippen LogP contribution < -0.4 is 5.14 Å². The van der Waals surface area contributed by atoms with E-state index in [9.17, 15) is 0 Å². The standard InChI is InChI=1S/C13H18N2S2/c1-3-5-9-7-8-11-12(10(9)6-4-2)15-13(16-11)17-14/h7-8H,3-6,14H2,1-2H3. The van der Waals surface area contributed by atoms with Crippen molar-refractivity contribution in [2.45, 2.75) is 43.9 Å². The quantitative estimate of drug-likeness (QED) is 0.826. The SMILES string of the molecule is CCCc1ccc2sc(SN)nc2c1CCC. The maximum absolute atomic E-state index is 5.60. The van der Waals surface area contributed by atoms with Crippen LogP contribution in [0.2, 0.25) is 0 Å². The van der Waals surface area contributed by atoms with Crippen LogP contribution >= 0.6 is 23.3 Å². The first kappa shape index (κ1) is 12.9. The van der Waals surface area contributed by atoms with Crippen LogP contribution in [0, 0.1) is 0 Å². The van der Waals surface area contributed by atoms with Gasteiger partial charge in [-0.2, -0.15) is 0 Å². The summed E-state index contributed by atoms with van der Waals surface area (Å²) in [6, 6.07) is 4.46. The van der Waals surface area contributed by atoms with Gasteiger partial charge >= 0.3 is 0 Å². The summed E-state index contributed by atoms with van der Waals surface area (Å²) in [5.41, 5.74) is 4.07. The Morgan fingerprint density at radius 3 is 2.65 bits per heavy atom. The molecule has 2 nitrogen and oxygen atoms in total. The lowest BCUT2D eigenvalue weighted by Crippen LogP contribution is -1.95. The van der Waals surface area contributed by atoms with Gasteiger partial charge in [-0.15, -0.1) is 11.3 Å². The molecule has 0 bridgehead atoms. The van der Waals surface area contributed by atoms with Crippen molar-refractivity contribution in [3.8, 4) is 0 Å². The van der Waals surface area contributed by atoms with Crippen LogP contribution in [-0.4, -0.2) is 4.98 Å². The molecule has 1 aromatic heterocycles. The number of hydrogen-bond acceptors (Lipinski definition) is 4. The number of nitrogens with zero attached hydrogens (tertiary/aromatic N) is 1. The molecule has 0 aliphatic carbocycles. The van der Waals surface area contributed by atoms with Gasteiger partial charge in [0.15, 0.2) is 4.34 Å². The molecule has 0 saturated heterocycles. The highest BCUT2D eigenvalue weighted by molar-refractivity contribution is 7.99. The predicted octanol–water partition coefficient (Wildman–Crippen LogP) is 4.17. The van der Waals surface area contributed by atoms with E-state index in [2.05, 4.69) is 31.0 Å². The molecule has 0 fully saturated rings. The summed E-state index contributed by atoms with van der Waals surface area (Å²) in [6.07, 6.45) is 4.61. The summed E-state index contributed by atoms with van der Waals surface area (Å²) in [6.45, 7) is 4.45. The second kappa shape index (κ2) is 5.85. The number of nitrogens with two attached hydrogens (primary N) is 1. The Balaban J connectivity index is 2.56. The third-order valence-electron chi connectivity index (χ3n) is 2.86. The number of thiazole rings is 1. The van der Waals surface area contributed by atoms with Crippen molar-refractivity contribution in [2.24, 2.45) is 5.14 Å². The van der Waals surface area contributed by atoms with E-state index in [1.807, 2.05) is 0 Å². The van der Waals surface area contributed by atoms with Crippen LogP contribution in [0.3, 0.4) is 0 Å². The summed E-state index contributed by atoms with van der Waals surface area (Å²) in [5, 5.41) is 5.60. The zero-order valence-electron chi connectivity index (χ0n) is 10.3. The van der Waals surface area contributed by atoms with Crippen LogP contribution in [0.4, 0.5) is 0 Å². The first-order valence-electron chi connectivity index (χ1n) is 6.08. The van der Waals surface area contributed by atoms with Gasteiger partial charge in [0.1, 0.15) is 0 Å². The van der Waals surface area contributed by atoms with Crippen LogP contribution in [-0.2, 0) is 12.8 Å². The minimum absolute atomic E-state index is 0.964. The largest absolute Gasteiger partial charge is 0.272 e. The lowest BCUT2D eigenvalue weighted by atomic mass is 9.98. The zero-order chi connectivity index (χ0) is 12.3. The van der Waals surface area contributed by atoms with Gasteiger partial charge in [0.2, 0.25) is 0 Å². The third-order valence-corrected chi connectivity index (χ3v) is 4.51. The fourth-order valence-corrected chi connectivity index (χ4v) is 3.49. The Kier molecular flexibility index (Phi) is 4.42. The maximum Gasteiger partial charge on any atom is 0.165 e. The molecule has 0 spiro atoms. The molecular weight excluding hydrogens is 248 g/mol. The molecule has 4 heteroatoms. The van der Waals surface area contributed by atoms with Crippen molar-refractivity contribution < 1.29 is 0 Å². The number of hydrogen-bond donors (Lipinski definition) is 1. The Morgan fingerprint density at radius 2 is 2.00 bits per heavy atom. The van der Waals surface area contributed by atoms with Crippen LogP contribution in [0.5, 0.6) is 0 Å². The third kappa shape index (κ3) is 2.64. The van der Waals surface area contributed by atoms with Gasteiger partial charge in [-0.3, -0.25) is 5.14 Å². The van der Waals surface area contributed by atoms with Crippen LogP contribution in [0.25, 0.3) is 10.2 Å². The molecule has 0 aliphatic rings. The minimum Gasteiger partial charge on any atom is -0.272 e. The molecule has 0 saturated carbocycles. The molecule has 0 aliphatic heterocycles. The van der Waals surface area contributed by atoms with Gasteiger partial charge in [0.05, 0.1) is 10.2 Å². The van der Waals surface area contributed by atoms with Crippen molar-refractivity contribution in [3.05, 3.63) is 23.3 Å². The van der Waals surface area contributed by atoms with Crippen molar-refractivity contribution in [1.29, 1.82) is 0 Å². The monoisotopic (exact) mass is 266 g/mol. The summed E-state index contributed by atoms with van der Waals surface area (Å²) in [7, 11) is 0. The number of fused-ring (bicyclic) bond motifs is 1. The number of rotatable bonds is 5. The number of aromatic nitrogens is 1. The molecule has 0 radical (unpaired) electrons. The van der Waals surface area contributed by atoms with Crippen molar-refractivity contribution in [1.82, 2.24) is 4.98 Å². The molecule has 1 aromatic carbocycles. The summed E-state index contributed by atoms with van der Waals surface area (Å²) in [4.78, 5) is 4.65. The van der Waals surface area contributed by atoms with Gasteiger partial charge in [0, 0.05) is 0 Å². The van der Waals surface area contributed by atoms with Crippen LogP contribution in [0.15, 0.2) is 16.5 Å². The zero-order valence-corrected chi connectivity index (χ0v) is 12.0. The Morgan fingerprint density at radius 1 is 1.24 bits per heavy atom. The molecular formula is C13H18N2S2. The Labute approximate surface area is 111 Å². The molecule has 0 unspecified atom stereocenters. The molecule has 17 heavy (non-hydrogen) atoms. The average molecular weight is 266 g/mol. The Bertz CT molecular complexity index is 505. The molecule has 0 atom stereocenters. The van der Waals surface area contributed by atoms with Gasteiger partial charge in [-0.05, 0) is 42.0 Å². The van der Waals surface area contributed by atoms with E-state index in [1.165, 1.54) is 46.1 Å². The second-order valence-corrected chi connectivity index (χ2v) is 6.06. The maximum atomic E-state index is 5.60. The van der Waals surface area contributed by atoms with Crippen molar-refractivity contribution in [3.63, 3.8) is 0 Å². The lowest BCUT2D eigenvalue weighted by Gasteiger charge is -2.08. The van der Waals surface area contributed by atoms with Gasteiger partial charge in [0.25, 0.3) is 0 Å². The van der Waals surface area contributed by atoms with E-state index < -0.39 is 0 Å². The average Bonchev–Trinajstić information content (AvgIpc) is 2.76. The van der Waals surface area contributed by atoms with Crippen molar-refractivity contribution >= 4 is 33.5 Å².